The first-order chi connectivity index (χ1) is 16.6. The first-order valence-corrected chi connectivity index (χ1v) is 11.3. The van der Waals surface area contributed by atoms with E-state index in [1.54, 1.807) is 0 Å². The summed E-state index contributed by atoms with van der Waals surface area (Å²) in [7, 11) is 1.42. The zero-order valence-electron chi connectivity index (χ0n) is 19.3. The molecule has 5 heteroatoms. The fraction of sp³-hybridized carbons (Fsp3) is 0.172. The van der Waals surface area contributed by atoms with E-state index >= 15 is 0 Å². The van der Waals surface area contributed by atoms with Gasteiger partial charge < -0.3 is 14.0 Å². The molecule has 0 amide bonds. The Bertz CT molecular complexity index is 1470. The van der Waals surface area contributed by atoms with E-state index < -0.39 is 0 Å². The summed E-state index contributed by atoms with van der Waals surface area (Å²) in [5.41, 5.74) is 6.11. The summed E-state index contributed by atoms with van der Waals surface area (Å²) < 4.78 is 13.3. The highest BCUT2D eigenvalue weighted by Gasteiger charge is 2.18. The van der Waals surface area contributed by atoms with Crippen molar-refractivity contribution in [3.8, 4) is 5.75 Å². The first-order valence-electron chi connectivity index (χ1n) is 11.3. The van der Waals surface area contributed by atoms with E-state index in [0.717, 1.165) is 51.1 Å². The van der Waals surface area contributed by atoms with Gasteiger partial charge in [-0.3, -0.25) is 4.79 Å². The number of hydrogen-bond donors (Lipinski definition) is 0. The molecule has 0 saturated carbocycles. The van der Waals surface area contributed by atoms with Crippen molar-refractivity contribution < 1.29 is 14.3 Å². The van der Waals surface area contributed by atoms with Crippen LogP contribution in [0.3, 0.4) is 0 Å². The molecular formula is C29H26N2O3. The highest BCUT2D eigenvalue weighted by Crippen LogP contribution is 2.31. The first kappa shape index (κ1) is 21.7. The molecule has 0 N–H and O–H groups in total. The van der Waals surface area contributed by atoms with Crippen LogP contribution in [0.4, 0.5) is 0 Å². The fourth-order valence-corrected chi connectivity index (χ4v) is 4.38. The molecule has 3 aromatic carbocycles. The molecule has 2 heterocycles. The van der Waals surface area contributed by atoms with Gasteiger partial charge in [0, 0.05) is 28.5 Å². The van der Waals surface area contributed by atoms with Crippen molar-refractivity contribution >= 4 is 27.8 Å². The van der Waals surface area contributed by atoms with Crippen LogP contribution in [0.5, 0.6) is 5.75 Å². The Morgan fingerprint density at radius 3 is 2.56 bits per heavy atom. The van der Waals surface area contributed by atoms with E-state index in [1.165, 1.54) is 12.7 Å². The molecule has 0 saturated heterocycles. The van der Waals surface area contributed by atoms with Crippen LogP contribution in [0.25, 0.3) is 21.8 Å². The molecule has 2 aromatic heterocycles. The maximum atomic E-state index is 12.2. The highest BCUT2D eigenvalue weighted by atomic mass is 16.5. The molecule has 0 atom stereocenters. The third-order valence-corrected chi connectivity index (χ3v) is 6.20. The van der Waals surface area contributed by atoms with Crippen molar-refractivity contribution in [2.75, 3.05) is 7.11 Å². The third kappa shape index (κ3) is 4.37. The summed E-state index contributed by atoms with van der Waals surface area (Å²) in [6.45, 7) is 3.15. The molecule has 5 aromatic rings. The number of hydrogen-bond acceptors (Lipinski definition) is 4. The lowest BCUT2D eigenvalue weighted by atomic mass is 10.1. The zero-order valence-corrected chi connectivity index (χ0v) is 19.3. The lowest BCUT2D eigenvalue weighted by molar-refractivity contribution is -0.139. The number of aromatic nitrogens is 2. The second-order valence-corrected chi connectivity index (χ2v) is 8.35. The number of carbonyl (C=O) groups excluding carboxylic acids is 1. The molecule has 170 valence electrons. The molecule has 0 radical (unpaired) electrons. The SMILES string of the molecule is COC(=O)Cc1c(C)n(Cc2ccccc2)c2ccc(OCc3ccc4ccccc4n3)cc12. The summed E-state index contributed by atoms with van der Waals surface area (Å²) in [5, 5.41) is 2.11. The van der Waals surface area contributed by atoms with Gasteiger partial charge in [0.15, 0.2) is 0 Å². The Morgan fingerprint density at radius 1 is 0.941 bits per heavy atom. The number of benzene rings is 3. The Labute approximate surface area is 198 Å². The van der Waals surface area contributed by atoms with Crippen LogP contribution >= 0.6 is 0 Å². The minimum absolute atomic E-state index is 0.219. The number of pyridine rings is 1. The normalized spacial score (nSPS) is 11.1. The second kappa shape index (κ2) is 9.40. The summed E-state index contributed by atoms with van der Waals surface area (Å²) >= 11 is 0. The van der Waals surface area contributed by atoms with Crippen LogP contribution in [0.1, 0.15) is 22.5 Å². The molecule has 34 heavy (non-hydrogen) atoms. The van der Waals surface area contributed by atoms with Gasteiger partial charge in [0.25, 0.3) is 0 Å². The predicted molar refractivity (Wildman–Crippen MR) is 134 cm³/mol. The summed E-state index contributed by atoms with van der Waals surface area (Å²) in [6, 6.07) is 28.5. The van der Waals surface area contributed by atoms with Crippen molar-refractivity contribution in [3.63, 3.8) is 0 Å². The van der Waals surface area contributed by atoms with E-state index in [0.29, 0.717) is 6.61 Å². The molecule has 0 aliphatic carbocycles. The van der Waals surface area contributed by atoms with Crippen molar-refractivity contribution in [3.05, 3.63) is 107 Å². The molecule has 0 aliphatic rings. The number of ether oxygens (including phenoxy) is 2. The number of carbonyl (C=O) groups is 1. The second-order valence-electron chi connectivity index (χ2n) is 8.35. The van der Waals surface area contributed by atoms with E-state index in [1.807, 2.05) is 60.7 Å². The van der Waals surface area contributed by atoms with Gasteiger partial charge in [0.05, 0.1) is 24.7 Å². The van der Waals surface area contributed by atoms with Gasteiger partial charge >= 0.3 is 5.97 Å². The quantitative estimate of drug-likeness (QED) is 0.292. The molecular weight excluding hydrogens is 424 g/mol. The van der Waals surface area contributed by atoms with Gasteiger partial charge in [-0.05, 0) is 48.4 Å². The van der Waals surface area contributed by atoms with Crippen LogP contribution < -0.4 is 4.74 Å². The molecule has 5 nitrogen and oxygen atoms in total. The monoisotopic (exact) mass is 450 g/mol. The predicted octanol–water partition coefficient (Wildman–Crippen LogP) is 5.84. The largest absolute Gasteiger partial charge is 0.487 e. The average Bonchev–Trinajstić information content (AvgIpc) is 3.13. The van der Waals surface area contributed by atoms with Gasteiger partial charge in [-0.15, -0.1) is 0 Å². The Morgan fingerprint density at radius 2 is 1.74 bits per heavy atom. The van der Waals surface area contributed by atoms with Gasteiger partial charge in [-0.2, -0.15) is 0 Å². The number of esters is 1. The van der Waals surface area contributed by atoms with E-state index in [2.05, 4.69) is 35.8 Å². The number of fused-ring (bicyclic) bond motifs is 2. The molecule has 0 unspecified atom stereocenters. The lowest BCUT2D eigenvalue weighted by Crippen LogP contribution is -2.07. The van der Waals surface area contributed by atoms with Gasteiger partial charge in [-0.25, -0.2) is 4.98 Å². The van der Waals surface area contributed by atoms with Crippen LogP contribution in [0, 0.1) is 6.92 Å². The molecule has 5 rings (SSSR count). The molecule has 0 bridgehead atoms. The lowest BCUT2D eigenvalue weighted by Gasteiger charge is -2.10. The number of methoxy groups -OCH3 is 1. The summed E-state index contributed by atoms with van der Waals surface area (Å²) in [6.07, 6.45) is 0.219. The topological polar surface area (TPSA) is 53.4 Å². The third-order valence-electron chi connectivity index (χ3n) is 6.20. The fourth-order valence-electron chi connectivity index (χ4n) is 4.38. The smallest absolute Gasteiger partial charge is 0.310 e. The Kier molecular flexibility index (Phi) is 6.00. The van der Waals surface area contributed by atoms with E-state index in [9.17, 15) is 4.79 Å². The summed E-state index contributed by atoms with van der Waals surface area (Å²) in [4.78, 5) is 16.9. The van der Waals surface area contributed by atoms with Crippen LogP contribution in [0.15, 0.2) is 84.9 Å². The Balaban J connectivity index is 1.47. The van der Waals surface area contributed by atoms with Crippen molar-refractivity contribution in [1.82, 2.24) is 9.55 Å². The van der Waals surface area contributed by atoms with Gasteiger partial charge in [0.2, 0.25) is 0 Å². The van der Waals surface area contributed by atoms with E-state index in [4.69, 9.17) is 14.5 Å². The van der Waals surface area contributed by atoms with Gasteiger partial charge in [-0.1, -0.05) is 54.6 Å². The van der Waals surface area contributed by atoms with Crippen LogP contribution in [0.2, 0.25) is 0 Å². The number of nitrogens with zero attached hydrogens (tertiary/aromatic N) is 2. The number of rotatable bonds is 7. The maximum absolute atomic E-state index is 12.2. The molecule has 0 aliphatic heterocycles. The van der Waals surface area contributed by atoms with Crippen LogP contribution in [-0.4, -0.2) is 22.6 Å². The standard InChI is InChI=1S/C29H26N2O3/c1-20-25(17-29(32)33-2)26-16-24(14-15-28(26)31(20)18-21-8-4-3-5-9-21)34-19-23-13-12-22-10-6-7-11-27(22)30-23/h3-16H,17-19H2,1-2H3. The van der Waals surface area contributed by atoms with E-state index in [-0.39, 0.29) is 12.4 Å². The van der Waals surface area contributed by atoms with Crippen molar-refractivity contribution in [2.24, 2.45) is 0 Å². The average molecular weight is 451 g/mol. The summed E-state index contributed by atoms with van der Waals surface area (Å²) in [5.74, 6) is 0.485. The maximum Gasteiger partial charge on any atom is 0.310 e. The zero-order chi connectivity index (χ0) is 23.5. The minimum Gasteiger partial charge on any atom is -0.487 e. The van der Waals surface area contributed by atoms with Crippen molar-refractivity contribution in [1.29, 1.82) is 0 Å². The molecule has 0 fully saturated rings. The minimum atomic E-state index is -0.256. The van der Waals surface area contributed by atoms with Crippen molar-refractivity contribution in [2.45, 2.75) is 26.5 Å². The highest BCUT2D eigenvalue weighted by molar-refractivity contribution is 5.90. The number of para-hydroxylation sites is 1. The Hall–Kier alpha value is -4.12. The van der Waals surface area contributed by atoms with Crippen LogP contribution in [-0.2, 0) is 29.1 Å². The van der Waals surface area contributed by atoms with Gasteiger partial charge in [0.1, 0.15) is 12.4 Å². The molecule has 0 spiro atoms.